The summed E-state index contributed by atoms with van der Waals surface area (Å²) in [5, 5.41) is 0. The maximum atomic E-state index is 13.2. The van der Waals surface area contributed by atoms with Crippen LogP contribution in [-0.2, 0) is 12.4 Å². The van der Waals surface area contributed by atoms with Crippen LogP contribution in [0.15, 0.2) is 42.7 Å². The zero-order chi connectivity index (χ0) is 13.2. The highest BCUT2D eigenvalue weighted by Crippen LogP contribution is 2.20. The number of fused-ring (bicyclic) bond motifs is 1. The van der Waals surface area contributed by atoms with Crippen LogP contribution >= 0.6 is 11.6 Å². The first-order chi connectivity index (χ1) is 9.28. The van der Waals surface area contributed by atoms with Crippen molar-refractivity contribution in [2.24, 2.45) is 0 Å². The smallest absolute Gasteiger partial charge is 0.125 e. The molecule has 0 aliphatic rings. The molecule has 96 valence electrons. The lowest BCUT2D eigenvalue weighted by molar-refractivity contribution is 0.629. The SMILES string of the molecule is Fc1ccc2c(c1)nc(CCl)n2Cc1ccncc1. The normalized spacial score (nSPS) is 11.1. The van der Waals surface area contributed by atoms with Crippen molar-refractivity contribution in [3.05, 3.63) is 59.9 Å². The van der Waals surface area contributed by atoms with Crippen molar-refractivity contribution >= 4 is 22.6 Å². The minimum absolute atomic E-state index is 0.290. The average molecular weight is 276 g/mol. The van der Waals surface area contributed by atoms with Crippen molar-refractivity contribution in [1.82, 2.24) is 14.5 Å². The third kappa shape index (κ3) is 2.31. The first kappa shape index (κ1) is 12.1. The molecular weight excluding hydrogens is 265 g/mol. The lowest BCUT2D eigenvalue weighted by Gasteiger charge is -2.07. The topological polar surface area (TPSA) is 30.7 Å². The molecule has 0 radical (unpaired) electrons. The largest absolute Gasteiger partial charge is 0.322 e. The summed E-state index contributed by atoms with van der Waals surface area (Å²) in [6.07, 6.45) is 3.49. The van der Waals surface area contributed by atoms with Gasteiger partial charge in [-0.05, 0) is 29.8 Å². The third-order valence-electron chi connectivity index (χ3n) is 3.00. The molecule has 0 fully saturated rings. The van der Waals surface area contributed by atoms with Gasteiger partial charge in [0.25, 0.3) is 0 Å². The fourth-order valence-corrected chi connectivity index (χ4v) is 2.31. The molecule has 3 aromatic rings. The number of nitrogens with zero attached hydrogens (tertiary/aromatic N) is 3. The monoisotopic (exact) mass is 275 g/mol. The van der Waals surface area contributed by atoms with Crippen LogP contribution in [0, 0.1) is 5.82 Å². The van der Waals surface area contributed by atoms with E-state index in [1.807, 2.05) is 16.7 Å². The highest BCUT2D eigenvalue weighted by atomic mass is 35.5. The van der Waals surface area contributed by atoms with Gasteiger partial charge in [0.1, 0.15) is 11.6 Å². The van der Waals surface area contributed by atoms with Crippen LogP contribution in [0.5, 0.6) is 0 Å². The van der Waals surface area contributed by atoms with E-state index in [1.165, 1.54) is 12.1 Å². The quantitative estimate of drug-likeness (QED) is 0.686. The molecule has 3 rings (SSSR count). The number of hydrogen-bond donors (Lipinski definition) is 0. The molecule has 2 aromatic heterocycles. The molecule has 19 heavy (non-hydrogen) atoms. The van der Waals surface area contributed by atoms with E-state index in [-0.39, 0.29) is 5.82 Å². The molecule has 0 aliphatic carbocycles. The van der Waals surface area contributed by atoms with E-state index in [1.54, 1.807) is 18.5 Å². The van der Waals surface area contributed by atoms with Gasteiger partial charge in [0, 0.05) is 25.0 Å². The number of aromatic nitrogens is 3. The van der Waals surface area contributed by atoms with Crippen molar-refractivity contribution in [2.75, 3.05) is 0 Å². The fourth-order valence-electron chi connectivity index (χ4n) is 2.10. The summed E-state index contributed by atoms with van der Waals surface area (Å²) in [4.78, 5) is 8.35. The first-order valence-electron chi connectivity index (χ1n) is 5.87. The van der Waals surface area contributed by atoms with Gasteiger partial charge >= 0.3 is 0 Å². The predicted molar refractivity (Wildman–Crippen MR) is 72.6 cm³/mol. The Morgan fingerprint density at radius 1 is 1.16 bits per heavy atom. The highest BCUT2D eigenvalue weighted by molar-refractivity contribution is 6.16. The summed E-state index contributed by atoms with van der Waals surface area (Å²) in [7, 11) is 0. The summed E-state index contributed by atoms with van der Waals surface area (Å²) < 4.78 is 15.2. The zero-order valence-electron chi connectivity index (χ0n) is 10.1. The Kier molecular flexibility index (Phi) is 3.17. The van der Waals surface area contributed by atoms with Gasteiger partial charge in [-0.2, -0.15) is 0 Å². The van der Waals surface area contributed by atoms with Crippen molar-refractivity contribution in [3.63, 3.8) is 0 Å². The number of rotatable bonds is 3. The minimum atomic E-state index is -0.290. The maximum absolute atomic E-state index is 13.2. The fraction of sp³-hybridized carbons (Fsp3) is 0.143. The van der Waals surface area contributed by atoms with Gasteiger partial charge in [0.2, 0.25) is 0 Å². The van der Waals surface area contributed by atoms with E-state index in [0.29, 0.717) is 17.9 Å². The molecule has 0 saturated heterocycles. The van der Waals surface area contributed by atoms with E-state index >= 15 is 0 Å². The van der Waals surface area contributed by atoms with Crippen LogP contribution in [0.3, 0.4) is 0 Å². The summed E-state index contributed by atoms with van der Waals surface area (Å²) in [5.74, 6) is 0.739. The number of benzene rings is 1. The summed E-state index contributed by atoms with van der Waals surface area (Å²) in [5.41, 5.74) is 2.61. The van der Waals surface area contributed by atoms with Crippen LogP contribution < -0.4 is 0 Å². The molecule has 0 atom stereocenters. The van der Waals surface area contributed by atoms with Crippen molar-refractivity contribution in [2.45, 2.75) is 12.4 Å². The summed E-state index contributed by atoms with van der Waals surface area (Å²) in [6.45, 7) is 0.646. The van der Waals surface area contributed by atoms with Gasteiger partial charge < -0.3 is 4.57 Å². The van der Waals surface area contributed by atoms with Gasteiger partial charge in [0.05, 0.1) is 16.9 Å². The van der Waals surface area contributed by atoms with E-state index in [4.69, 9.17) is 11.6 Å². The lowest BCUT2D eigenvalue weighted by Crippen LogP contribution is -2.03. The molecule has 1 aromatic carbocycles. The Morgan fingerprint density at radius 2 is 1.95 bits per heavy atom. The van der Waals surface area contributed by atoms with Crippen LogP contribution in [0.2, 0.25) is 0 Å². The standard InChI is InChI=1S/C14H11ClFN3/c15-8-14-18-12-7-11(16)1-2-13(12)19(14)9-10-3-5-17-6-4-10/h1-7H,8-9H2. The molecule has 0 N–H and O–H groups in total. The molecule has 0 saturated carbocycles. The van der Waals surface area contributed by atoms with Gasteiger partial charge in [0.15, 0.2) is 0 Å². The number of hydrogen-bond acceptors (Lipinski definition) is 2. The van der Waals surface area contributed by atoms with Crippen LogP contribution in [0.1, 0.15) is 11.4 Å². The lowest BCUT2D eigenvalue weighted by atomic mass is 10.2. The Bertz CT molecular complexity index is 709. The molecular formula is C14H11ClFN3. The van der Waals surface area contributed by atoms with E-state index in [2.05, 4.69) is 9.97 Å². The van der Waals surface area contributed by atoms with Gasteiger partial charge in [-0.1, -0.05) is 0 Å². The Balaban J connectivity index is 2.11. The molecule has 3 nitrogen and oxygen atoms in total. The Labute approximate surface area is 114 Å². The molecule has 0 spiro atoms. The van der Waals surface area contributed by atoms with Gasteiger partial charge in [-0.25, -0.2) is 9.37 Å². The highest BCUT2D eigenvalue weighted by Gasteiger charge is 2.10. The summed E-state index contributed by atoms with van der Waals surface area (Å²) >= 11 is 5.92. The second kappa shape index (κ2) is 4.97. The summed E-state index contributed by atoms with van der Waals surface area (Å²) in [6, 6.07) is 8.47. The first-order valence-corrected chi connectivity index (χ1v) is 6.41. The average Bonchev–Trinajstić information content (AvgIpc) is 2.77. The van der Waals surface area contributed by atoms with Crippen LogP contribution in [0.25, 0.3) is 11.0 Å². The van der Waals surface area contributed by atoms with Crippen molar-refractivity contribution in [1.29, 1.82) is 0 Å². The Hall–Kier alpha value is -1.94. The molecule has 0 amide bonds. The Morgan fingerprint density at radius 3 is 2.68 bits per heavy atom. The van der Waals surface area contributed by atoms with Crippen LogP contribution in [0.4, 0.5) is 4.39 Å². The number of pyridine rings is 1. The van der Waals surface area contributed by atoms with Crippen molar-refractivity contribution < 1.29 is 4.39 Å². The number of alkyl halides is 1. The van der Waals surface area contributed by atoms with E-state index in [0.717, 1.165) is 16.9 Å². The van der Waals surface area contributed by atoms with Gasteiger partial charge in [-0.15, -0.1) is 11.6 Å². The van der Waals surface area contributed by atoms with Crippen LogP contribution in [-0.4, -0.2) is 14.5 Å². The molecule has 0 aliphatic heterocycles. The second-order valence-electron chi connectivity index (χ2n) is 4.24. The molecule has 0 unspecified atom stereocenters. The predicted octanol–water partition coefficient (Wildman–Crippen LogP) is 3.36. The molecule has 2 heterocycles. The van der Waals surface area contributed by atoms with E-state index in [9.17, 15) is 4.39 Å². The number of imidazole rings is 1. The van der Waals surface area contributed by atoms with Gasteiger partial charge in [-0.3, -0.25) is 4.98 Å². The maximum Gasteiger partial charge on any atom is 0.125 e. The molecule has 5 heteroatoms. The minimum Gasteiger partial charge on any atom is -0.322 e. The zero-order valence-corrected chi connectivity index (χ0v) is 10.8. The molecule has 0 bridgehead atoms. The van der Waals surface area contributed by atoms with E-state index < -0.39 is 0 Å². The third-order valence-corrected chi connectivity index (χ3v) is 3.24. The number of halogens is 2. The second-order valence-corrected chi connectivity index (χ2v) is 4.50. The van der Waals surface area contributed by atoms with Crippen molar-refractivity contribution in [3.8, 4) is 0 Å².